The highest BCUT2D eigenvalue weighted by atomic mass is 19.1. The van der Waals surface area contributed by atoms with Gasteiger partial charge >= 0.3 is 0 Å². The SMILES string of the molecule is Nc1c(CCCO)cnn1-c1cccc(F)c1. The molecule has 4 nitrogen and oxygen atoms in total. The molecule has 0 fully saturated rings. The lowest BCUT2D eigenvalue weighted by Crippen LogP contribution is -2.03. The first-order chi connectivity index (χ1) is 8.22. The molecule has 17 heavy (non-hydrogen) atoms. The summed E-state index contributed by atoms with van der Waals surface area (Å²) in [5, 5.41) is 12.9. The number of nitrogen functional groups attached to an aromatic ring is 1. The van der Waals surface area contributed by atoms with E-state index in [1.165, 1.54) is 16.8 Å². The topological polar surface area (TPSA) is 64.1 Å². The maximum absolute atomic E-state index is 13.1. The molecule has 90 valence electrons. The number of benzene rings is 1. The fourth-order valence-corrected chi connectivity index (χ4v) is 1.67. The first-order valence-electron chi connectivity index (χ1n) is 5.41. The van der Waals surface area contributed by atoms with Crippen molar-refractivity contribution in [3.8, 4) is 5.69 Å². The molecule has 5 heteroatoms. The zero-order chi connectivity index (χ0) is 12.3. The standard InChI is InChI=1S/C12H14FN3O/c13-10-4-1-5-11(7-10)16-12(14)9(8-15-16)3-2-6-17/h1,4-5,7-8,17H,2-3,6,14H2. The largest absolute Gasteiger partial charge is 0.396 e. The van der Waals surface area contributed by atoms with Crippen LogP contribution in [0.3, 0.4) is 0 Å². The molecule has 0 saturated carbocycles. The van der Waals surface area contributed by atoms with E-state index in [1.807, 2.05) is 0 Å². The molecule has 3 N–H and O–H groups in total. The van der Waals surface area contributed by atoms with Gasteiger partial charge in [0.05, 0.1) is 11.9 Å². The van der Waals surface area contributed by atoms with E-state index in [4.69, 9.17) is 10.8 Å². The van der Waals surface area contributed by atoms with E-state index >= 15 is 0 Å². The van der Waals surface area contributed by atoms with E-state index < -0.39 is 0 Å². The number of nitrogens with zero attached hydrogens (tertiary/aromatic N) is 2. The Morgan fingerprint density at radius 2 is 2.24 bits per heavy atom. The van der Waals surface area contributed by atoms with Crippen LogP contribution in [0, 0.1) is 5.82 Å². The molecule has 2 rings (SSSR count). The van der Waals surface area contributed by atoms with Crippen LogP contribution in [0.4, 0.5) is 10.2 Å². The van der Waals surface area contributed by atoms with Crippen LogP contribution < -0.4 is 5.73 Å². The van der Waals surface area contributed by atoms with Gasteiger partial charge in [-0.1, -0.05) is 6.07 Å². The van der Waals surface area contributed by atoms with Crippen molar-refractivity contribution in [3.05, 3.63) is 41.8 Å². The smallest absolute Gasteiger partial charge is 0.130 e. The lowest BCUT2D eigenvalue weighted by atomic mass is 10.2. The van der Waals surface area contributed by atoms with E-state index in [9.17, 15) is 4.39 Å². The summed E-state index contributed by atoms with van der Waals surface area (Å²) in [7, 11) is 0. The van der Waals surface area contributed by atoms with Crippen molar-refractivity contribution in [2.75, 3.05) is 12.3 Å². The van der Waals surface area contributed by atoms with E-state index in [0.29, 0.717) is 24.3 Å². The van der Waals surface area contributed by atoms with E-state index in [0.717, 1.165) is 5.56 Å². The second-order valence-corrected chi connectivity index (χ2v) is 3.77. The van der Waals surface area contributed by atoms with Crippen LogP contribution in [-0.4, -0.2) is 21.5 Å². The van der Waals surface area contributed by atoms with E-state index in [1.54, 1.807) is 18.3 Å². The molecule has 0 aliphatic carbocycles. The Morgan fingerprint density at radius 3 is 2.94 bits per heavy atom. The summed E-state index contributed by atoms with van der Waals surface area (Å²) in [6, 6.07) is 6.09. The predicted octanol–water partition coefficient (Wildman–Crippen LogP) is 1.52. The number of aromatic nitrogens is 2. The van der Waals surface area contributed by atoms with Crippen LogP contribution in [0.15, 0.2) is 30.5 Å². The molecule has 0 spiro atoms. The third-order valence-electron chi connectivity index (χ3n) is 2.54. The average Bonchev–Trinajstić information content (AvgIpc) is 2.68. The van der Waals surface area contributed by atoms with Gasteiger partial charge in [-0.05, 0) is 31.0 Å². The third kappa shape index (κ3) is 2.45. The van der Waals surface area contributed by atoms with Crippen LogP contribution >= 0.6 is 0 Å². The number of hydrogen-bond donors (Lipinski definition) is 2. The highest BCUT2D eigenvalue weighted by molar-refractivity contribution is 5.47. The van der Waals surface area contributed by atoms with Crippen molar-refractivity contribution in [1.82, 2.24) is 9.78 Å². The second kappa shape index (κ2) is 4.97. The lowest BCUT2D eigenvalue weighted by Gasteiger charge is -2.05. The maximum atomic E-state index is 13.1. The lowest BCUT2D eigenvalue weighted by molar-refractivity contribution is 0.288. The predicted molar refractivity (Wildman–Crippen MR) is 63.3 cm³/mol. The maximum Gasteiger partial charge on any atom is 0.130 e. The minimum absolute atomic E-state index is 0.116. The molecule has 0 radical (unpaired) electrons. The monoisotopic (exact) mass is 235 g/mol. The molecule has 1 aromatic carbocycles. The number of halogens is 1. The Hall–Kier alpha value is -1.88. The Morgan fingerprint density at radius 1 is 1.41 bits per heavy atom. The quantitative estimate of drug-likeness (QED) is 0.844. The Bertz CT molecular complexity index is 510. The van der Waals surface area contributed by atoms with Crippen molar-refractivity contribution < 1.29 is 9.50 Å². The molecular weight excluding hydrogens is 221 g/mol. The molecule has 0 atom stereocenters. The number of nitrogens with two attached hydrogens (primary N) is 1. The summed E-state index contributed by atoms with van der Waals surface area (Å²) < 4.78 is 14.6. The van der Waals surface area contributed by atoms with Crippen LogP contribution in [-0.2, 0) is 6.42 Å². The molecule has 0 bridgehead atoms. The molecule has 1 aromatic heterocycles. The normalized spacial score (nSPS) is 10.7. The number of aliphatic hydroxyl groups excluding tert-OH is 1. The Labute approximate surface area is 98.5 Å². The van der Waals surface area contributed by atoms with Crippen LogP contribution in [0.1, 0.15) is 12.0 Å². The zero-order valence-electron chi connectivity index (χ0n) is 9.31. The number of rotatable bonds is 4. The van der Waals surface area contributed by atoms with Gasteiger partial charge in [-0.25, -0.2) is 9.07 Å². The summed E-state index contributed by atoms with van der Waals surface area (Å²) >= 11 is 0. The van der Waals surface area contributed by atoms with Crippen molar-refractivity contribution in [2.24, 2.45) is 0 Å². The van der Waals surface area contributed by atoms with Crippen LogP contribution in [0.25, 0.3) is 5.69 Å². The number of hydrogen-bond acceptors (Lipinski definition) is 3. The Kier molecular flexibility index (Phi) is 3.39. The van der Waals surface area contributed by atoms with Gasteiger partial charge in [0.2, 0.25) is 0 Å². The zero-order valence-corrected chi connectivity index (χ0v) is 9.31. The average molecular weight is 235 g/mol. The number of aliphatic hydroxyl groups is 1. The van der Waals surface area contributed by atoms with Gasteiger partial charge in [0.25, 0.3) is 0 Å². The molecule has 0 unspecified atom stereocenters. The van der Waals surface area contributed by atoms with Crippen molar-refractivity contribution in [1.29, 1.82) is 0 Å². The summed E-state index contributed by atoms with van der Waals surface area (Å²) in [6.07, 6.45) is 2.95. The summed E-state index contributed by atoms with van der Waals surface area (Å²) in [5.74, 6) is 0.165. The van der Waals surface area contributed by atoms with Crippen molar-refractivity contribution in [3.63, 3.8) is 0 Å². The van der Waals surface area contributed by atoms with Gasteiger partial charge in [-0.3, -0.25) is 0 Å². The van der Waals surface area contributed by atoms with Gasteiger partial charge in [-0.15, -0.1) is 0 Å². The van der Waals surface area contributed by atoms with Gasteiger partial charge in [0, 0.05) is 12.2 Å². The summed E-state index contributed by atoms with van der Waals surface area (Å²) in [6.45, 7) is 0.116. The first-order valence-corrected chi connectivity index (χ1v) is 5.41. The third-order valence-corrected chi connectivity index (χ3v) is 2.54. The van der Waals surface area contributed by atoms with Gasteiger partial charge < -0.3 is 10.8 Å². The molecule has 0 amide bonds. The van der Waals surface area contributed by atoms with Gasteiger partial charge in [-0.2, -0.15) is 5.10 Å². The highest BCUT2D eigenvalue weighted by Gasteiger charge is 2.08. The summed E-state index contributed by atoms with van der Waals surface area (Å²) in [4.78, 5) is 0. The first kappa shape index (κ1) is 11.6. The molecule has 0 aliphatic heterocycles. The van der Waals surface area contributed by atoms with Gasteiger partial charge in [0.15, 0.2) is 0 Å². The number of aryl methyl sites for hydroxylation is 1. The van der Waals surface area contributed by atoms with Crippen molar-refractivity contribution >= 4 is 5.82 Å². The van der Waals surface area contributed by atoms with Gasteiger partial charge in [0.1, 0.15) is 11.6 Å². The Balaban J connectivity index is 2.30. The fraction of sp³-hybridized carbons (Fsp3) is 0.250. The molecule has 0 saturated heterocycles. The molecule has 0 aliphatic rings. The highest BCUT2D eigenvalue weighted by Crippen LogP contribution is 2.18. The van der Waals surface area contributed by atoms with Crippen molar-refractivity contribution in [2.45, 2.75) is 12.8 Å². The molecule has 2 aromatic rings. The van der Waals surface area contributed by atoms with E-state index in [-0.39, 0.29) is 12.4 Å². The number of anilines is 1. The van der Waals surface area contributed by atoms with Crippen LogP contribution in [0.5, 0.6) is 0 Å². The van der Waals surface area contributed by atoms with Crippen LogP contribution in [0.2, 0.25) is 0 Å². The fourth-order valence-electron chi connectivity index (χ4n) is 1.67. The van der Waals surface area contributed by atoms with E-state index in [2.05, 4.69) is 5.10 Å². The summed E-state index contributed by atoms with van der Waals surface area (Å²) in [5.41, 5.74) is 7.38. The molecule has 1 heterocycles. The minimum Gasteiger partial charge on any atom is -0.396 e. The second-order valence-electron chi connectivity index (χ2n) is 3.77. The minimum atomic E-state index is -0.325. The molecular formula is C12H14FN3O.